The number of benzene rings is 2. The van der Waals surface area contributed by atoms with Crippen molar-refractivity contribution in [3.8, 4) is 11.5 Å². The van der Waals surface area contributed by atoms with Crippen LogP contribution in [0.5, 0.6) is 11.5 Å². The lowest BCUT2D eigenvalue weighted by Gasteiger charge is -2.08. The van der Waals surface area contributed by atoms with Crippen molar-refractivity contribution >= 4 is 15.9 Å². The average Bonchev–Trinajstić information content (AvgIpc) is 2.40. The highest BCUT2D eigenvalue weighted by Crippen LogP contribution is 2.21. The zero-order chi connectivity index (χ0) is 12.8. The normalized spacial score (nSPS) is 10.1. The van der Waals surface area contributed by atoms with E-state index < -0.39 is 0 Å². The third-order valence-electron chi connectivity index (χ3n) is 2.26. The second-order valence-corrected chi connectivity index (χ2v) is 4.44. The van der Waals surface area contributed by atoms with E-state index in [1.165, 1.54) is 6.07 Å². The lowest BCUT2D eigenvalue weighted by Crippen LogP contribution is -2.08. The first-order chi connectivity index (χ1) is 8.75. The van der Waals surface area contributed by atoms with Gasteiger partial charge in [-0.25, -0.2) is 4.39 Å². The largest absolute Gasteiger partial charge is 0.490 e. The van der Waals surface area contributed by atoms with Gasteiger partial charge in [0.1, 0.15) is 30.5 Å². The molecule has 0 atom stereocenters. The summed E-state index contributed by atoms with van der Waals surface area (Å²) in [5.41, 5.74) is 0. The third kappa shape index (κ3) is 3.74. The van der Waals surface area contributed by atoms with E-state index >= 15 is 0 Å². The van der Waals surface area contributed by atoms with Gasteiger partial charge >= 0.3 is 0 Å². The second-order valence-electron chi connectivity index (χ2n) is 3.59. The predicted octanol–water partition coefficient (Wildman–Crippen LogP) is 4.05. The molecule has 0 aliphatic heterocycles. The van der Waals surface area contributed by atoms with Crippen molar-refractivity contribution < 1.29 is 13.9 Å². The molecule has 0 bridgehead atoms. The Bertz CT molecular complexity index is 502. The molecular formula is C14H12BrFO2. The minimum atomic E-state index is -0.303. The van der Waals surface area contributed by atoms with E-state index in [0.717, 1.165) is 5.75 Å². The molecule has 0 aromatic heterocycles. The second kappa shape index (κ2) is 6.40. The molecule has 18 heavy (non-hydrogen) atoms. The molecule has 0 unspecified atom stereocenters. The van der Waals surface area contributed by atoms with Gasteiger partial charge in [0.2, 0.25) is 0 Å². The molecule has 0 aliphatic rings. The fourth-order valence-electron chi connectivity index (χ4n) is 1.40. The van der Waals surface area contributed by atoms with Crippen LogP contribution in [0.15, 0.2) is 53.0 Å². The van der Waals surface area contributed by atoms with Gasteiger partial charge in [-0.1, -0.05) is 18.2 Å². The molecule has 2 rings (SSSR count). The predicted molar refractivity (Wildman–Crippen MR) is 71.5 cm³/mol. The van der Waals surface area contributed by atoms with E-state index in [-0.39, 0.29) is 5.82 Å². The van der Waals surface area contributed by atoms with Crippen LogP contribution in [0.25, 0.3) is 0 Å². The Labute approximate surface area is 113 Å². The maximum absolute atomic E-state index is 13.0. The summed E-state index contributed by atoms with van der Waals surface area (Å²) in [7, 11) is 0. The molecule has 4 heteroatoms. The van der Waals surface area contributed by atoms with E-state index in [0.29, 0.717) is 23.4 Å². The number of halogens is 2. The van der Waals surface area contributed by atoms with Gasteiger partial charge in [-0.2, -0.15) is 0 Å². The summed E-state index contributed by atoms with van der Waals surface area (Å²) in [6.45, 7) is 0.853. The summed E-state index contributed by atoms with van der Waals surface area (Å²) in [6, 6.07) is 14.1. The number of para-hydroxylation sites is 1. The van der Waals surface area contributed by atoms with Crippen LogP contribution in [-0.2, 0) is 0 Å². The van der Waals surface area contributed by atoms with Gasteiger partial charge < -0.3 is 9.47 Å². The molecule has 2 nitrogen and oxygen atoms in total. The topological polar surface area (TPSA) is 18.5 Å². The Morgan fingerprint density at radius 2 is 1.56 bits per heavy atom. The summed E-state index contributed by atoms with van der Waals surface area (Å²) >= 11 is 3.11. The SMILES string of the molecule is Fc1ccc(OCCOc2ccccc2)cc1Br. The number of hydrogen-bond acceptors (Lipinski definition) is 2. The molecule has 0 aliphatic carbocycles. The van der Waals surface area contributed by atoms with Gasteiger partial charge in [0.15, 0.2) is 0 Å². The lowest BCUT2D eigenvalue weighted by molar-refractivity contribution is 0.217. The molecule has 2 aromatic carbocycles. The fraction of sp³-hybridized carbons (Fsp3) is 0.143. The molecule has 0 heterocycles. The first-order valence-electron chi connectivity index (χ1n) is 5.51. The molecule has 0 radical (unpaired) electrons. The van der Waals surface area contributed by atoms with E-state index in [4.69, 9.17) is 9.47 Å². The molecule has 0 saturated carbocycles. The monoisotopic (exact) mass is 310 g/mol. The first kappa shape index (κ1) is 12.9. The molecule has 0 fully saturated rings. The van der Waals surface area contributed by atoms with E-state index in [1.54, 1.807) is 12.1 Å². The minimum absolute atomic E-state index is 0.303. The smallest absolute Gasteiger partial charge is 0.137 e. The van der Waals surface area contributed by atoms with Crippen molar-refractivity contribution in [3.05, 3.63) is 58.8 Å². The molecule has 2 aromatic rings. The quantitative estimate of drug-likeness (QED) is 0.776. The van der Waals surface area contributed by atoms with Gasteiger partial charge in [-0.15, -0.1) is 0 Å². The molecular weight excluding hydrogens is 299 g/mol. The first-order valence-corrected chi connectivity index (χ1v) is 6.31. The van der Waals surface area contributed by atoms with Crippen LogP contribution in [0, 0.1) is 5.82 Å². The average molecular weight is 311 g/mol. The Morgan fingerprint density at radius 3 is 2.22 bits per heavy atom. The van der Waals surface area contributed by atoms with Crippen LogP contribution in [0.4, 0.5) is 4.39 Å². The highest BCUT2D eigenvalue weighted by Gasteiger charge is 2.01. The van der Waals surface area contributed by atoms with Gasteiger partial charge in [-0.05, 0) is 46.3 Å². The zero-order valence-corrected chi connectivity index (χ0v) is 11.2. The molecule has 94 valence electrons. The summed E-state index contributed by atoms with van der Waals surface area (Å²) in [5.74, 6) is 1.12. The van der Waals surface area contributed by atoms with Crippen LogP contribution in [0.2, 0.25) is 0 Å². The third-order valence-corrected chi connectivity index (χ3v) is 2.86. The van der Waals surface area contributed by atoms with Crippen LogP contribution >= 0.6 is 15.9 Å². The summed E-state index contributed by atoms with van der Waals surface area (Å²) in [6.07, 6.45) is 0. The van der Waals surface area contributed by atoms with Crippen LogP contribution in [0.3, 0.4) is 0 Å². The van der Waals surface area contributed by atoms with Crippen LogP contribution in [-0.4, -0.2) is 13.2 Å². The van der Waals surface area contributed by atoms with Crippen molar-refractivity contribution in [2.24, 2.45) is 0 Å². The van der Waals surface area contributed by atoms with E-state index in [2.05, 4.69) is 15.9 Å². The van der Waals surface area contributed by atoms with E-state index in [9.17, 15) is 4.39 Å². The molecule has 0 saturated heterocycles. The molecule has 0 amide bonds. The Hall–Kier alpha value is -1.55. The molecule has 0 spiro atoms. The van der Waals surface area contributed by atoms with Crippen molar-refractivity contribution in [1.82, 2.24) is 0 Å². The lowest BCUT2D eigenvalue weighted by atomic mass is 10.3. The number of ether oxygens (including phenoxy) is 2. The van der Waals surface area contributed by atoms with Gasteiger partial charge in [-0.3, -0.25) is 0 Å². The van der Waals surface area contributed by atoms with Crippen molar-refractivity contribution in [2.45, 2.75) is 0 Å². The molecule has 0 N–H and O–H groups in total. The van der Waals surface area contributed by atoms with E-state index in [1.807, 2.05) is 30.3 Å². The Balaban J connectivity index is 1.77. The fourth-order valence-corrected chi connectivity index (χ4v) is 1.76. The highest BCUT2D eigenvalue weighted by molar-refractivity contribution is 9.10. The Morgan fingerprint density at radius 1 is 0.889 bits per heavy atom. The standard InChI is InChI=1S/C14H12BrFO2/c15-13-10-12(6-7-14(13)16)18-9-8-17-11-4-2-1-3-5-11/h1-7,10H,8-9H2. The Kier molecular flexibility index (Phi) is 4.59. The van der Waals surface area contributed by atoms with Crippen molar-refractivity contribution in [3.63, 3.8) is 0 Å². The highest BCUT2D eigenvalue weighted by atomic mass is 79.9. The maximum Gasteiger partial charge on any atom is 0.137 e. The van der Waals surface area contributed by atoms with Crippen molar-refractivity contribution in [1.29, 1.82) is 0 Å². The minimum Gasteiger partial charge on any atom is -0.490 e. The van der Waals surface area contributed by atoms with Gasteiger partial charge in [0.25, 0.3) is 0 Å². The van der Waals surface area contributed by atoms with Crippen LogP contribution < -0.4 is 9.47 Å². The number of rotatable bonds is 5. The maximum atomic E-state index is 13.0. The zero-order valence-electron chi connectivity index (χ0n) is 9.61. The van der Waals surface area contributed by atoms with Gasteiger partial charge in [0.05, 0.1) is 4.47 Å². The summed E-state index contributed by atoms with van der Waals surface area (Å²) < 4.78 is 24.3. The van der Waals surface area contributed by atoms with Crippen LogP contribution in [0.1, 0.15) is 0 Å². The van der Waals surface area contributed by atoms with Crippen molar-refractivity contribution in [2.75, 3.05) is 13.2 Å². The summed E-state index contributed by atoms with van der Waals surface area (Å²) in [4.78, 5) is 0. The summed E-state index contributed by atoms with van der Waals surface area (Å²) in [5, 5.41) is 0. The van der Waals surface area contributed by atoms with Gasteiger partial charge in [0, 0.05) is 0 Å². The number of hydrogen-bond donors (Lipinski definition) is 0.